The molecule has 76 heavy (non-hydrogen) atoms. The van der Waals surface area contributed by atoms with Gasteiger partial charge in [0.1, 0.15) is 0 Å². The summed E-state index contributed by atoms with van der Waals surface area (Å²) in [7, 11) is 0. The summed E-state index contributed by atoms with van der Waals surface area (Å²) in [4.78, 5) is 24.5. The van der Waals surface area contributed by atoms with Gasteiger partial charge in [-0.2, -0.15) is 0 Å². The van der Waals surface area contributed by atoms with Crippen LogP contribution in [0.5, 0.6) is 0 Å². The first-order valence-corrected chi connectivity index (χ1v) is 34.3. The zero-order valence-electron chi connectivity index (χ0n) is 51.3. The molecule has 2 atom stereocenters. The molecule has 0 aromatic carbocycles. The topological polar surface area (TPSA) is 95.9 Å². The molecule has 0 radical (unpaired) electrons. The molecule has 0 aliphatic carbocycles. The number of nitrogens with one attached hydrogen (secondary N) is 1. The lowest BCUT2D eigenvalue weighted by Gasteiger charge is -2.20. The van der Waals surface area contributed by atoms with E-state index in [-0.39, 0.29) is 18.5 Å². The number of ether oxygens (including phenoxy) is 1. The van der Waals surface area contributed by atoms with Crippen molar-refractivity contribution in [1.82, 2.24) is 5.32 Å². The van der Waals surface area contributed by atoms with Gasteiger partial charge in [-0.25, -0.2) is 0 Å². The first kappa shape index (κ1) is 74.1. The molecule has 3 N–H and O–H groups in total. The van der Waals surface area contributed by atoms with Crippen molar-refractivity contribution < 1.29 is 24.5 Å². The number of allylic oxidation sites excluding steroid dienone is 5. The first-order chi connectivity index (χ1) is 37.5. The van der Waals surface area contributed by atoms with Crippen molar-refractivity contribution in [3.63, 3.8) is 0 Å². The third-order valence-corrected chi connectivity index (χ3v) is 15.9. The van der Waals surface area contributed by atoms with E-state index >= 15 is 0 Å². The van der Waals surface area contributed by atoms with E-state index < -0.39 is 12.1 Å². The number of carbonyl (C=O) groups is 2. The summed E-state index contributed by atoms with van der Waals surface area (Å²) in [5.74, 6) is -0.0571. The molecular formula is C70H133NO5. The summed E-state index contributed by atoms with van der Waals surface area (Å²) < 4.78 is 5.47. The Hall–Kier alpha value is -1.92. The van der Waals surface area contributed by atoms with Crippen molar-refractivity contribution in [3.8, 4) is 0 Å². The number of amides is 1. The smallest absolute Gasteiger partial charge is 0.305 e. The van der Waals surface area contributed by atoms with E-state index in [4.69, 9.17) is 4.74 Å². The minimum atomic E-state index is -0.844. The molecule has 0 saturated heterocycles. The van der Waals surface area contributed by atoms with Gasteiger partial charge >= 0.3 is 5.97 Å². The molecule has 6 nitrogen and oxygen atoms in total. The molecule has 448 valence electrons. The van der Waals surface area contributed by atoms with Gasteiger partial charge in [-0.15, -0.1) is 0 Å². The SMILES string of the molecule is CCCCC/C=C\CCCCCCCC(=O)OCCCCCCCCCCCCCC/C=C\CCCCCCCCCCCCCCCCC(=O)NC(CO)C(O)/C=C/CCCCCCCCCCCCCCCCC. The number of unbranched alkanes of at least 4 members (excludes halogenated alkanes) is 49. The molecule has 0 bridgehead atoms. The molecule has 0 heterocycles. The van der Waals surface area contributed by atoms with Crippen LogP contribution >= 0.6 is 0 Å². The molecule has 0 fully saturated rings. The van der Waals surface area contributed by atoms with E-state index in [1.807, 2.05) is 6.08 Å². The van der Waals surface area contributed by atoms with E-state index in [2.05, 4.69) is 43.5 Å². The summed E-state index contributed by atoms with van der Waals surface area (Å²) in [5, 5.41) is 23.2. The lowest BCUT2D eigenvalue weighted by molar-refractivity contribution is -0.143. The normalized spacial score (nSPS) is 12.7. The maximum Gasteiger partial charge on any atom is 0.305 e. The highest BCUT2D eigenvalue weighted by Gasteiger charge is 2.18. The summed E-state index contributed by atoms with van der Waals surface area (Å²) >= 11 is 0. The summed E-state index contributed by atoms with van der Waals surface area (Å²) in [5.41, 5.74) is 0. The number of carbonyl (C=O) groups excluding carboxylic acids is 2. The van der Waals surface area contributed by atoms with Gasteiger partial charge in [-0.3, -0.25) is 9.59 Å². The van der Waals surface area contributed by atoms with Gasteiger partial charge in [0.05, 0.1) is 25.4 Å². The number of aliphatic hydroxyl groups excluding tert-OH is 2. The maximum atomic E-state index is 12.5. The lowest BCUT2D eigenvalue weighted by Crippen LogP contribution is -2.45. The summed E-state index contributed by atoms with van der Waals surface area (Å²) in [6.45, 7) is 4.90. The minimum Gasteiger partial charge on any atom is -0.466 e. The van der Waals surface area contributed by atoms with E-state index in [9.17, 15) is 19.8 Å². The van der Waals surface area contributed by atoms with Crippen LogP contribution < -0.4 is 5.32 Å². The molecule has 0 rings (SSSR count). The standard InChI is InChI=1S/C70H133NO5/c1-3-5-7-9-11-13-15-17-18-33-36-39-42-46-50-54-58-62-68(73)67(66-72)71-69(74)63-59-55-51-47-43-40-37-34-31-29-27-25-23-21-19-20-22-24-26-28-30-32-35-38-41-45-49-53-57-61-65-76-70(75)64-60-56-52-48-44-16-14-12-10-8-6-4-2/h12,14,20,22,58,62,67-68,72-73H,3-11,13,15-19,21,23-57,59-61,63-66H2,1-2H3,(H,71,74)/b14-12-,22-20-,62-58+. The highest BCUT2D eigenvalue weighted by molar-refractivity contribution is 5.76. The Morgan fingerprint density at radius 1 is 0.355 bits per heavy atom. The number of esters is 1. The molecule has 0 saturated carbocycles. The Labute approximate surface area is 474 Å². The van der Waals surface area contributed by atoms with Crippen LogP contribution in [-0.2, 0) is 14.3 Å². The fourth-order valence-corrected chi connectivity index (χ4v) is 10.6. The molecule has 2 unspecified atom stereocenters. The molecule has 0 aromatic rings. The predicted molar refractivity (Wildman–Crippen MR) is 333 cm³/mol. The molecule has 0 aliphatic heterocycles. The molecular weight excluding hydrogens is 935 g/mol. The number of hydrogen-bond donors (Lipinski definition) is 3. The van der Waals surface area contributed by atoms with Crippen LogP contribution in [0.15, 0.2) is 36.5 Å². The molecule has 0 spiro atoms. The van der Waals surface area contributed by atoms with Crippen LogP contribution in [0.1, 0.15) is 373 Å². The Balaban J connectivity index is 3.39. The van der Waals surface area contributed by atoms with Gasteiger partial charge in [-0.05, 0) is 83.5 Å². The van der Waals surface area contributed by atoms with Crippen LogP contribution in [0.4, 0.5) is 0 Å². The highest BCUT2D eigenvalue weighted by atomic mass is 16.5. The van der Waals surface area contributed by atoms with Crippen LogP contribution in [-0.4, -0.2) is 47.4 Å². The summed E-state index contributed by atoms with van der Waals surface area (Å²) in [6, 6.07) is -0.627. The van der Waals surface area contributed by atoms with Crippen LogP contribution in [0.3, 0.4) is 0 Å². The second-order valence-corrected chi connectivity index (χ2v) is 23.5. The van der Waals surface area contributed by atoms with Crippen molar-refractivity contribution in [2.45, 2.75) is 386 Å². The summed E-state index contributed by atoms with van der Waals surface area (Å²) in [6.07, 6.45) is 83.6. The second kappa shape index (κ2) is 65.6. The van der Waals surface area contributed by atoms with Gasteiger partial charge in [0, 0.05) is 12.8 Å². The van der Waals surface area contributed by atoms with E-state index in [1.54, 1.807) is 6.08 Å². The van der Waals surface area contributed by atoms with Crippen LogP contribution in [0, 0.1) is 0 Å². The highest BCUT2D eigenvalue weighted by Crippen LogP contribution is 2.18. The maximum absolute atomic E-state index is 12.5. The number of rotatable bonds is 64. The fourth-order valence-electron chi connectivity index (χ4n) is 10.6. The van der Waals surface area contributed by atoms with Crippen molar-refractivity contribution in [2.24, 2.45) is 0 Å². The second-order valence-electron chi connectivity index (χ2n) is 23.5. The zero-order chi connectivity index (χ0) is 55.0. The molecule has 1 amide bonds. The predicted octanol–water partition coefficient (Wildman–Crippen LogP) is 21.9. The van der Waals surface area contributed by atoms with Crippen molar-refractivity contribution >= 4 is 11.9 Å². The van der Waals surface area contributed by atoms with E-state index in [0.29, 0.717) is 19.4 Å². The monoisotopic (exact) mass is 1070 g/mol. The number of aliphatic hydroxyl groups is 2. The Kier molecular flexibility index (Phi) is 63.9. The molecule has 0 aliphatic rings. The van der Waals surface area contributed by atoms with Gasteiger partial charge in [0.25, 0.3) is 0 Å². The Morgan fingerprint density at radius 3 is 0.961 bits per heavy atom. The fraction of sp³-hybridized carbons (Fsp3) is 0.886. The zero-order valence-corrected chi connectivity index (χ0v) is 51.3. The van der Waals surface area contributed by atoms with Crippen molar-refractivity contribution in [1.29, 1.82) is 0 Å². The van der Waals surface area contributed by atoms with Gasteiger partial charge < -0.3 is 20.3 Å². The minimum absolute atomic E-state index is 0.00683. The third kappa shape index (κ3) is 61.3. The number of hydrogen-bond acceptors (Lipinski definition) is 5. The van der Waals surface area contributed by atoms with E-state index in [0.717, 1.165) is 44.9 Å². The average Bonchev–Trinajstić information content (AvgIpc) is 3.42. The van der Waals surface area contributed by atoms with E-state index in [1.165, 1.54) is 302 Å². The third-order valence-electron chi connectivity index (χ3n) is 15.9. The quantitative estimate of drug-likeness (QED) is 0.0320. The largest absolute Gasteiger partial charge is 0.466 e. The van der Waals surface area contributed by atoms with Crippen LogP contribution in [0.25, 0.3) is 0 Å². The molecule has 6 heteroatoms. The molecule has 0 aromatic heterocycles. The van der Waals surface area contributed by atoms with Crippen LogP contribution in [0.2, 0.25) is 0 Å². The van der Waals surface area contributed by atoms with Gasteiger partial charge in [0.15, 0.2) is 0 Å². The van der Waals surface area contributed by atoms with Gasteiger partial charge in [0.2, 0.25) is 5.91 Å². The lowest BCUT2D eigenvalue weighted by atomic mass is 10.0. The first-order valence-electron chi connectivity index (χ1n) is 34.3. The van der Waals surface area contributed by atoms with Crippen molar-refractivity contribution in [2.75, 3.05) is 13.2 Å². The average molecular weight is 1070 g/mol. The Bertz CT molecular complexity index is 1230. The van der Waals surface area contributed by atoms with Gasteiger partial charge in [-0.1, -0.05) is 314 Å². The van der Waals surface area contributed by atoms with Crippen molar-refractivity contribution in [3.05, 3.63) is 36.5 Å². The Morgan fingerprint density at radius 2 is 0.618 bits per heavy atom.